The molecular formula is C23H44O8. The highest BCUT2D eigenvalue weighted by Gasteiger charge is 2.17. The third kappa shape index (κ3) is 20.4. The fraction of sp³-hybridized carbons (Fsp3) is 0.913. The molecule has 1 atom stereocenters. The Morgan fingerprint density at radius 3 is 1.68 bits per heavy atom. The first-order valence-corrected chi connectivity index (χ1v) is 11.5. The van der Waals surface area contributed by atoms with Crippen molar-refractivity contribution in [1.82, 2.24) is 0 Å². The molecule has 0 spiro atoms. The maximum Gasteiger partial charge on any atom is 0.308 e. The van der Waals surface area contributed by atoms with E-state index in [1.165, 1.54) is 0 Å². The van der Waals surface area contributed by atoms with Crippen molar-refractivity contribution in [2.24, 2.45) is 5.92 Å². The minimum absolute atomic E-state index is 0.00124. The Labute approximate surface area is 188 Å². The Balaban J connectivity index is 3.35. The number of ether oxygens (including phenoxy) is 6. The lowest BCUT2D eigenvalue weighted by Gasteiger charge is -2.19. The largest absolute Gasteiger partial charge is 0.463 e. The van der Waals surface area contributed by atoms with Gasteiger partial charge in [0.1, 0.15) is 12.2 Å². The Morgan fingerprint density at radius 2 is 1.23 bits per heavy atom. The van der Waals surface area contributed by atoms with Crippen molar-refractivity contribution >= 4 is 11.9 Å². The minimum atomic E-state index is -0.468. The van der Waals surface area contributed by atoms with E-state index in [1.807, 2.05) is 27.7 Å². The van der Waals surface area contributed by atoms with Gasteiger partial charge in [-0.15, -0.1) is 0 Å². The third-order valence-electron chi connectivity index (χ3n) is 4.19. The molecule has 0 aliphatic carbocycles. The van der Waals surface area contributed by atoms with Crippen LogP contribution in [0.3, 0.4) is 0 Å². The van der Waals surface area contributed by atoms with Gasteiger partial charge in [0.15, 0.2) is 0 Å². The summed E-state index contributed by atoms with van der Waals surface area (Å²) in [6.45, 7) is 13.3. The smallest absolute Gasteiger partial charge is 0.308 e. The van der Waals surface area contributed by atoms with Gasteiger partial charge in [0.05, 0.1) is 65.2 Å². The fourth-order valence-electron chi connectivity index (χ4n) is 2.57. The lowest BCUT2D eigenvalue weighted by Crippen LogP contribution is -2.24. The number of unbranched alkanes of at least 4 members (excludes halogenated alkanes) is 1. The number of esters is 2. The van der Waals surface area contributed by atoms with Crippen molar-refractivity contribution in [3.05, 3.63) is 0 Å². The van der Waals surface area contributed by atoms with E-state index < -0.39 is 5.60 Å². The van der Waals surface area contributed by atoms with Crippen LogP contribution in [0.2, 0.25) is 0 Å². The quantitative estimate of drug-likeness (QED) is 0.206. The van der Waals surface area contributed by atoms with Crippen LogP contribution in [0.4, 0.5) is 0 Å². The van der Waals surface area contributed by atoms with E-state index in [-0.39, 0.29) is 30.9 Å². The summed E-state index contributed by atoms with van der Waals surface area (Å²) in [6, 6.07) is 0. The van der Waals surface area contributed by atoms with Crippen molar-refractivity contribution in [2.75, 3.05) is 59.5 Å². The van der Waals surface area contributed by atoms with Gasteiger partial charge < -0.3 is 28.4 Å². The predicted octanol–water partition coefficient (Wildman–Crippen LogP) is 3.54. The molecule has 184 valence electrons. The van der Waals surface area contributed by atoms with Gasteiger partial charge in [-0.3, -0.25) is 9.59 Å². The molecule has 0 heterocycles. The molecule has 1 unspecified atom stereocenters. The molecule has 0 saturated heterocycles. The second-order valence-corrected chi connectivity index (χ2v) is 8.20. The topological polar surface area (TPSA) is 89.5 Å². The molecule has 8 nitrogen and oxygen atoms in total. The van der Waals surface area contributed by atoms with Gasteiger partial charge in [0.2, 0.25) is 0 Å². The minimum Gasteiger partial charge on any atom is -0.463 e. The van der Waals surface area contributed by atoms with E-state index >= 15 is 0 Å². The van der Waals surface area contributed by atoms with Crippen molar-refractivity contribution in [3.63, 3.8) is 0 Å². The number of hydrogen-bond donors (Lipinski definition) is 0. The van der Waals surface area contributed by atoms with Gasteiger partial charge in [-0.05, 0) is 33.6 Å². The average molecular weight is 449 g/mol. The van der Waals surface area contributed by atoms with E-state index in [4.69, 9.17) is 28.4 Å². The summed E-state index contributed by atoms with van der Waals surface area (Å²) in [5.74, 6) is -0.389. The molecule has 31 heavy (non-hydrogen) atoms. The normalized spacial score (nSPS) is 12.5. The molecule has 0 fully saturated rings. The summed E-state index contributed by atoms with van der Waals surface area (Å²) in [6.07, 6.45) is 4.07. The van der Waals surface area contributed by atoms with Gasteiger partial charge in [-0.25, -0.2) is 0 Å². The molecule has 0 aliphatic rings. The van der Waals surface area contributed by atoms with E-state index in [9.17, 15) is 9.59 Å². The van der Waals surface area contributed by atoms with Gasteiger partial charge in [0, 0.05) is 0 Å². The van der Waals surface area contributed by atoms with Crippen LogP contribution in [0.5, 0.6) is 0 Å². The Kier molecular flexibility index (Phi) is 18.7. The molecule has 0 bridgehead atoms. The highest BCUT2D eigenvalue weighted by molar-refractivity contribution is 5.72. The van der Waals surface area contributed by atoms with Crippen LogP contribution < -0.4 is 0 Å². The predicted molar refractivity (Wildman–Crippen MR) is 118 cm³/mol. The summed E-state index contributed by atoms with van der Waals surface area (Å²) in [4.78, 5) is 23.4. The summed E-state index contributed by atoms with van der Waals surface area (Å²) < 4.78 is 32.0. The summed E-state index contributed by atoms with van der Waals surface area (Å²) in [5, 5.41) is 0. The number of rotatable bonds is 20. The van der Waals surface area contributed by atoms with E-state index in [0.717, 1.165) is 25.7 Å². The maximum atomic E-state index is 11.9. The van der Waals surface area contributed by atoms with Gasteiger partial charge in [0.25, 0.3) is 0 Å². The van der Waals surface area contributed by atoms with Gasteiger partial charge in [-0.1, -0.05) is 26.7 Å². The molecule has 0 saturated carbocycles. The highest BCUT2D eigenvalue weighted by atomic mass is 16.6. The first kappa shape index (κ1) is 29.8. The molecule has 0 aromatic heterocycles. The molecule has 0 amide bonds. The molecular weight excluding hydrogens is 404 g/mol. The molecule has 0 aromatic carbocycles. The second-order valence-electron chi connectivity index (χ2n) is 8.20. The molecule has 0 radical (unpaired) electrons. The molecule has 0 N–H and O–H groups in total. The van der Waals surface area contributed by atoms with Crippen molar-refractivity contribution in [1.29, 1.82) is 0 Å². The van der Waals surface area contributed by atoms with Crippen molar-refractivity contribution in [2.45, 2.75) is 72.3 Å². The first-order valence-electron chi connectivity index (χ1n) is 11.5. The summed E-state index contributed by atoms with van der Waals surface area (Å²) in [5.41, 5.74) is -0.468. The van der Waals surface area contributed by atoms with Crippen LogP contribution in [-0.2, 0) is 38.0 Å². The zero-order valence-corrected chi connectivity index (χ0v) is 20.2. The SMILES string of the molecule is CCCCC(CC)C(=O)OCCOCCOCCOCCOCCC(=O)OC(C)(C)C. The van der Waals surface area contributed by atoms with Crippen LogP contribution >= 0.6 is 0 Å². The van der Waals surface area contributed by atoms with E-state index in [2.05, 4.69) is 6.92 Å². The average Bonchev–Trinajstić information content (AvgIpc) is 2.70. The molecule has 8 heteroatoms. The number of carbonyl (C=O) groups excluding carboxylic acids is 2. The molecule has 0 aliphatic heterocycles. The maximum absolute atomic E-state index is 11.9. The molecule has 0 rings (SSSR count). The number of carbonyl (C=O) groups is 2. The van der Waals surface area contributed by atoms with Gasteiger partial charge >= 0.3 is 11.9 Å². The summed E-state index contributed by atoms with van der Waals surface area (Å²) in [7, 11) is 0. The highest BCUT2D eigenvalue weighted by Crippen LogP contribution is 2.14. The Bertz CT molecular complexity index is 447. The lowest BCUT2D eigenvalue weighted by atomic mass is 10.00. The monoisotopic (exact) mass is 448 g/mol. The second kappa shape index (κ2) is 19.5. The fourth-order valence-corrected chi connectivity index (χ4v) is 2.57. The van der Waals surface area contributed by atoms with Crippen LogP contribution in [0, 0.1) is 5.92 Å². The third-order valence-corrected chi connectivity index (χ3v) is 4.19. The standard InChI is InChI=1S/C23H44O8/c1-6-8-9-20(7-2)22(25)30-19-18-29-17-16-28-15-14-27-13-12-26-11-10-21(24)31-23(3,4)5/h20H,6-19H2,1-5H3. The van der Waals surface area contributed by atoms with Crippen LogP contribution in [0.25, 0.3) is 0 Å². The molecule has 0 aromatic rings. The van der Waals surface area contributed by atoms with Crippen LogP contribution in [-0.4, -0.2) is 77.0 Å². The summed E-state index contributed by atoms with van der Waals surface area (Å²) >= 11 is 0. The first-order chi connectivity index (χ1) is 14.8. The zero-order valence-electron chi connectivity index (χ0n) is 20.2. The van der Waals surface area contributed by atoms with Gasteiger partial charge in [-0.2, -0.15) is 0 Å². The Hall–Kier alpha value is -1.22. The van der Waals surface area contributed by atoms with E-state index in [1.54, 1.807) is 0 Å². The lowest BCUT2D eigenvalue weighted by molar-refractivity contribution is -0.156. The number of hydrogen-bond acceptors (Lipinski definition) is 8. The van der Waals surface area contributed by atoms with Crippen LogP contribution in [0.1, 0.15) is 66.7 Å². The Morgan fingerprint density at radius 1 is 0.742 bits per heavy atom. The van der Waals surface area contributed by atoms with Crippen LogP contribution in [0.15, 0.2) is 0 Å². The zero-order chi connectivity index (χ0) is 23.4. The van der Waals surface area contributed by atoms with Crippen molar-refractivity contribution in [3.8, 4) is 0 Å². The van der Waals surface area contributed by atoms with Crippen molar-refractivity contribution < 1.29 is 38.0 Å². The van der Waals surface area contributed by atoms with E-state index in [0.29, 0.717) is 52.9 Å².